The highest BCUT2D eigenvalue weighted by Gasteiger charge is 2.15. The number of aromatic nitrogens is 4. The highest BCUT2D eigenvalue weighted by molar-refractivity contribution is 5.78. The van der Waals surface area contributed by atoms with Crippen LogP contribution in [0, 0.1) is 0 Å². The fourth-order valence-corrected chi connectivity index (χ4v) is 4.01. The lowest BCUT2D eigenvalue weighted by Gasteiger charge is -2.22. The number of para-hydroxylation sites is 3. The lowest BCUT2D eigenvalue weighted by atomic mass is 9.95. The van der Waals surface area contributed by atoms with Crippen LogP contribution in [0.15, 0.2) is 58.1 Å². The van der Waals surface area contributed by atoms with Crippen LogP contribution in [0.1, 0.15) is 44.3 Å². The van der Waals surface area contributed by atoms with Gasteiger partial charge in [0.15, 0.2) is 0 Å². The van der Waals surface area contributed by atoms with Gasteiger partial charge in [-0.3, -0.25) is 9.59 Å². The maximum absolute atomic E-state index is 12.0. The summed E-state index contributed by atoms with van der Waals surface area (Å²) in [5.74, 6) is 0.616. The normalized spacial score (nSPS) is 14.1. The molecule has 4 aromatic rings. The molecule has 1 fully saturated rings. The van der Waals surface area contributed by atoms with Gasteiger partial charge < -0.3 is 20.3 Å². The van der Waals surface area contributed by atoms with E-state index in [1.165, 1.54) is 19.3 Å². The third-order valence-corrected chi connectivity index (χ3v) is 5.64. The summed E-state index contributed by atoms with van der Waals surface area (Å²) in [5.41, 5.74) is 2.09. The quantitative estimate of drug-likeness (QED) is 0.395. The number of fused-ring (bicyclic) bond motifs is 2. The molecule has 2 aromatic heterocycles. The van der Waals surface area contributed by atoms with Gasteiger partial charge >= 0.3 is 5.69 Å². The summed E-state index contributed by atoms with van der Waals surface area (Å²) in [6.07, 6.45) is 6.65. The molecule has 0 aliphatic heterocycles. The summed E-state index contributed by atoms with van der Waals surface area (Å²) in [5, 5.41) is 3.66. The average molecular weight is 434 g/mol. The highest BCUT2D eigenvalue weighted by Crippen LogP contribution is 2.17. The predicted molar refractivity (Wildman–Crippen MR) is 125 cm³/mol. The van der Waals surface area contributed by atoms with E-state index in [4.69, 9.17) is 0 Å². The van der Waals surface area contributed by atoms with E-state index in [0.717, 1.165) is 23.9 Å². The highest BCUT2D eigenvalue weighted by atomic mass is 16.2. The first-order chi connectivity index (χ1) is 15.6. The van der Waals surface area contributed by atoms with Crippen LogP contribution >= 0.6 is 0 Å². The van der Waals surface area contributed by atoms with Crippen LogP contribution in [0.25, 0.3) is 21.9 Å². The lowest BCUT2D eigenvalue weighted by Crippen LogP contribution is -2.36. The Balaban J connectivity index is 0.000000203. The van der Waals surface area contributed by atoms with Crippen molar-refractivity contribution in [2.45, 2.75) is 51.0 Å². The van der Waals surface area contributed by atoms with Crippen LogP contribution in [0.4, 0.5) is 0 Å². The molecule has 0 unspecified atom stereocenters. The van der Waals surface area contributed by atoms with Crippen molar-refractivity contribution in [3.63, 3.8) is 0 Å². The molecule has 8 heteroatoms. The second kappa shape index (κ2) is 10.1. The molecule has 5 rings (SSSR count). The van der Waals surface area contributed by atoms with E-state index in [1.54, 1.807) is 6.07 Å². The van der Waals surface area contributed by atoms with Crippen molar-refractivity contribution in [3.05, 3.63) is 75.2 Å². The zero-order valence-electron chi connectivity index (χ0n) is 17.8. The van der Waals surface area contributed by atoms with Gasteiger partial charge in [0.05, 0.1) is 21.9 Å². The first kappa shape index (κ1) is 21.5. The van der Waals surface area contributed by atoms with Gasteiger partial charge in [-0.15, -0.1) is 0 Å². The number of rotatable bonds is 4. The SMILES string of the molecule is O=C(CCc1nc2ccccc2c(=O)[nH]1)NC1CCCCC1.O=c1[nH]c2ccccc2[nH]1. The zero-order chi connectivity index (χ0) is 22.3. The topological polar surface area (TPSA) is 123 Å². The standard InChI is InChI=1S/C17H21N3O2.C7H6N2O/c21-16(18-12-6-2-1-3-7-12)11-10-15-19-14-9-5-4-8-13(14)17(22)20-15;10-7-8-5-3-1-2-4-6(5)9-7/h4-5,8-9,12H,1-3,6-7,10-11H2,(H,18,21)(H,19,20,22);1-4H,(H2,8,9,10). The molecule has 2 aromatic carbocycles. The van der Waals surface area contributed by atoms with Crippen molar-refractivity contribution in [1.82, 2.24) is 25.3 Å². The van der Waals surface area contributed by atoms with Gasteiger partial charge in [0.1, 0.15) is 5.82 Å². The van der Waals surface area contributed by atoms with Crippen LogP contribution in [0.5, 0.6) is 0 Å². The number of aryl methyl sites for hydroxylation is 1. The van der Waals surface area contributed by atoms with Gasteiger partial charge in [-0.25, -0.2) is 9.78 Å². The number of H-pyrrole nitrogens is 3. The zero-order valence-corrected chi connectivity index (χ0v) is 17.8. The van der Waals surface area contributed by atoms with E-state index in [1.807, 2.05) is 42.5 Å². The van der Waals surface area contributed by atoms with Crippen molar-refractivity contribution >= 4 is 27.8 Å². The summed E-state index contributed by atoms with van der Waals surface area (Å²) in [6, 6.07) is 15.0. The third-order valence-electron chi connectivity index (χ3n) is 5.64. The second-order valence-corrected chi connectivity index (χ2v) is 8.06. The minimum absolute atomic E-state index is 0.0442. The Morgan fingerprint density at radius 3 is 2.28 bits per heavy atom. The lowest BCUT2D eigenvalue weighted by molar-refractivity contribution is -0.122. The second-order valence-electron chi connectivity index (χ2n) is 8.06. The first-order valence-electron chi connectivity index (χ1n) is 11.0. The molecular formula is C24H27N5O3. The Bertz CT molecular complexity index is 1280. The molecule has 1 aliphatic rings. The molecule has 0 bridgehead atoms. The van der Waals surface area contributed by atoms with Crippen molar-refractivity contribution < 1.29 is 4.79 Å². The molecule has 166 valence electrons. The number of amides is 1. The number of aromatic amines is 3. The Labute approximate surface area is 184 Å². The molecule has 0 atom stereocenters. The van der Waals surface area contributed by atoms with E-state index in [0.29, 0.717) is 35.6 Å². The van der Waals surface area contributed by atoms with E-state index in [9.17, 15) is 14.4 Å². The van der Waals surface area contributed by atoms with E-state index in [-0.39, 0.29) is 17.2 Å². The fourth-order valence-electron chi connectivity index (χ4n) is 4.01. The Morgan fingerprint density at radius 1 is 0.906 bits per heavy atom. The molecule has 8 nitrogen and oxygen atoms in total. The van der Waals surface area contributed by atoms with Gasteiger partial charge in [-0.05, 0) is 37.1 Å². The maximum Gasteiger partial charge on any atom is 0.323 e. The van der Waals surface area contributed by atoms with Crippen molar-refractivity contribution in [2.24, 2.45) is 0 Å². The van der Waals surface area contributed by atoms with Gasteiger partial charge in [0.25, 0.3) is 5.56 Å². The summed E-state index contributed by atoms with van der Waals surface area (Å²) in [7, 11) is 0. The van der Waals surface area contributed by atoms with Crippen LogP contribution < -0.4 is 16.6 Å². The van der Waals surface area contributed by atoms with Crippen LogP contribution in [-0.4, -0.2) is 31.9 Å². The number of hydrogen-bond donors (Lipinski definition) is 4. The molecule has 0 radical (unpaired) electrons. The minimum atomic E-state index is -0.152. The number of carbonyl (C=O) groups is 1. The number of benzene rings is 2. The Hall–Kier alpha value is -3.68. The molecule has 1 amide bonds. The molecule has 1 aliphatic carbocycles. The van der Waals surface area contributed by atoms with Crippen molar-refractivity contribution in [1.29, 1.82) is 0 Å². The smallest absolute Gasteiger partial charge is 0.323 e. The number of nitrogens with zero attached hydrogens (tertiary/aromatic N) is 1. The van der Waals surface area contributed by atoms with Crippen LogP contribution in [0.3, 0.4) is 0 Å². The largest absolute Gasteiger partial charge is 0.353 e. The van der Waals surface area contributed by atoms with Crippen LogP contribution in [0.2, 0.25) is 0 Å². The minimum Gasteiger partial charge on any atom is -0.353 e. The van der Waals surface area contributed by atoms with Gasteiger partial charge in [-0.2, -0.15) is 0 Å². The van der Waals surface area contributed by atoms with Crippen LogP contribution in [-0.2, 0) is 11.2 Å². The molecule has 32 heavy (non-hydrogen) atoms. The molecular weight excluding hydrogens is 406 g/mol. The molecule has 2 heterocycles. The summed E-state index contributed by atoms with van der Waals surface area (Å²) in [4.78, 5) is 47.1. The Morgan fingerprint density at radius 2 is 1.56 bits per heavy atom. The summed E-state index contributed by atoms with van der Waals surface area (Å²) >= 11 is 0. The number of imidazole rings is 1. The molecule has 0 saturated heterocycles. The van der Waals surface area contributed by atoms with E-state index in [2.05, 4.69) is 25.3 Å². The van der Waals surface area contributed by atoms with Gasteiger partial charge in [0, 0.05) is 18.9 Å². The number of carbonyl (C=O) groups excluding carboxylic acids is 1. The number of nitrogens with one attached hydrogen (secondary N) is 4. The third kappa shape index (κ3) is 5.51. The fraction of sp³-hybridized carbons (Fsp3) is 0.333. The summed E-state index contributed by atoms with van der Waals surface area (Å²) < 4.78 is 0. The maximum atomic E-state index is 12.0. The predicted octanol–water partition coefficient (Wildman–Crippen LogP) is 3.16. The van der Waals surface area contributed by atoms with Gasteiger partial charge in [0.2, 0.25) is 5.91 Å². The monoisotopic (exact) mass is 433 g/mol. The average Bonchev–Trinajstić information content (AvgIpc) is 3.19. The molecule has 4 N–H and O–H groups in total. The van der Waals surface area contributed by atoms with E-state index >= 15 is 0 Å². The van der Waals surface area contributed by atoms with Crippen molar-refractivity contribution in [2.75, 3.05) is 0 Å². The van der Waals surface area contributed by atoms with Gasteiger partial charge in [-0.1, -0.05) is 43.5 Å². The molecule has 1 saturated carbocycles. The first-order valence-corrected chi connectivity index (χ1v) is 11.0. The number of hydrogen-bond acceptors (Lipinski definition) is 4. The van der Waals surface area contributed by atoms with Crippen molar-refractivity contribution in [3.8, 4) is 0 Å². The molecule has 0 spiro atoms. The summed E-state index contributed by atoms with van der Waals surface area (Å²) in [6.45, 7) is 0. The Kier molecular flexibility index (Phi) is 6.79. The van der Waals surface area contributed by atoms with E-state index < -0.39 is 0 Å².